The first kappa shape index (κ1) is 13.0. The van der Waals surface area contributed by atoms with Gasteiger partial charge in [-0.2, -0.15) is 0 Å². The van der Waals surface area contributed by atoms with Gasteiger partial charge in [0.25, 0.3) is 0 Å². The number of fused-ring (bicyclic) bond motifs is 1. The highest BCUT2D eigenvalue weighted by Gasteiger charge is 2.30. The number of phenolic OH excluding ortho intramolecular Hbond substituents is 1. The van der Waals surface area contributed by atoms with Gasteiger partial charge in [-0.05, 0) is 62.8 Å². The summed E-state index contributed by atoms with van der Waals surface area (Å²) < 4.78 is 0. The van der Waals surface area contributed by atoms with Crippen molar-refractivity contribution < 1.29 is 5.11 Å². The number of likely N-dealkylation sites (tertiary alicyclic amines) is 1. The van der Waals surface area contributed by atoms with Gasteiger partial charge in [0.05, 0.1) is 0 Å². The van der Waals surface area contributed by atoms with Crippen molar-refractivity contribution in [1.29, 1.82) is 0 Å². The lowest BCUT2D eigenvalue weighted by atomic mass is 9.85. The molecule has 19 heavy (non-hydrogen) atoms. The Kier molecular flexibility index (Phi) is 3.79. The van der Waals surface area contributed by atoms with Crippen LogP contribution in [0, 0.1) is 0 Å². The SMILES string of the molecule is CC1CCCCCN1C1CCCc2c(O)cccc21. The van der Waals surface area contributed by atoms with E-state index in [4.69, 9.17) is 0 Å². The summed E-state index contributed by atoms with van der Waals surface area (Å²) in [5.74, 6) is 0.504. The molecule has 1 aromatic rings. The minimum atomic E-state index is 0.504. The second-order valence-corrected chi connectivity index (χ2v) is 6.19. The lowest BCUT2D eigenvalue weighted by Gasteiger charge is -2.39. The number of aromatic hydroxyl groups is 1. The summed E-state index contributed by atoms with van der Waals surface area (Å²) in [5.41, 5.74) is 2.59. The predicted octanol–water partition coefficient (Wildman–Crippen LogP) is 4.03. The molecule has 1 aliphatic carbocycles. The van der Waals surface area contributed by atoms with Crippen molar-refractivity contribution in [2.45, 2.75) is 64.0 Å². The second kappa shape index (κ2) is 5.54. The van der Waals surface area contributed by atoms with Gasteiger partial charge in [-0.25, -0.2) is 0 Å². The van der Waals surface area contributed by atoms with Gasteiger partial charge in [-0.15, -0.1) is 0 Å². The van der Waals surface area contributed by atoms with Crippen molar-refractivity contribution in [3.8, 4) is 5.75 Å². The van der Waals surface area contributed by atoms with E-state index in [1.165, 1.54) is 56.2 Å². The molecule has 0 spiro atoms. The molecular formula is C17H25NO. The summed E-state index contributed by atoms with van der Waals surface area (Å²) in [5, 5.41) is 10.1. The van der Waals surface area contributed by atoms with Crippen molar-refractivity contribution in [2.24, 2.45) is 0 Å². The molecule has 0 radical (unpaired) electrons. The molecule has 1 heterocycles. The van der Waals surface area contributed by atoms with Crippen LogP contribution >= 0.6 is 0 Å². The fraction of sp³-hybridized carbons (Fsp3) is 0.647. The van der Waals surface area contributed by atoms with E-state index in [0.29, 0.717) is 17.8 Å². The van der Waals surface area contributed by atoms with E-state index in [1.54, 1.807) is 0 Å². The van der Waals surface area contributed by atoms with Crippen LogP contribution in [0.2, 0.25) is 0 Å². The Balaban J connectivity index is 1.92. The van der Waals surface area contributed by atoms with Gasteiger partial charge in [0.1, 0.15) is 5.75 Å². The Hall–Kier alpha value is -1.02. The lowest BCUT2D eigenvalue weighted by molar-refractivity contribution is 0.132. The summed E-state index contributed by atoms with van der Waals surface area (Å²) in [4.78, 5) is 2.70. The largest absolute Gasteiger partial charge is 0.508 e. The Labute approximate surface area is 116 Å². The number of hydrogen-bond donors (Lipinski definition) is 1. The first-order valence-corrected chi connectivity index (χ1v) is 7.84. The standard InChI is InChI=1S/C17H25NO/c1-13-7-3-2-4-12-18(13)16-10-5-9-15-14(16)8-6-11-17(15)19/h6,8,11,13,16,19H,2-5,7,9-10,12H2,1H3. The van der Waals surface area contributed by atoms with E-state index in [-0.39, 0.29) is 0 Å². The molecule has 2 heteroatoms. The third-order valence-electron chi connectivity index (χ3n) is 4.96. The molecule has 2 unspecified atom stereocenters. The van der Waals surface area contributed by atoms with Crippen molar-refractivity contribution in [1.82, 2.24) is 4.90 Å². The Morgan fingerprint density at radius 1 is 1.11 bits per heavy atom. The molecule has 1 fully saturated rings. The van der Waals surface area contributed by atoms with E-state index in [1.807, 2.05) is 12.1 Å². The molecule has 0 saturated carbocycles. The van der Waals surface area contributed by atoms with Gasteiger partial charge in [-0.1, -0.05) is 25.0 Å². The monoisotopic (exact) mass is 259 g/mol. The summed E-state index contributed by atoms with van der Waals surface area (Å²) >= 11 is 0. The van der Waals surface area contributed by atoms with Crippen LogP contribution in [0.5, 0.6) is 5.75 Å². The zero-order chi connectivity index (χ0) is 13.2. The van der Waals surface area contributed by atoms with Crippen molar-refractivity contribution >= 4 is 0 Å². The highest BCUT2D eigenvalue weighted by atomic mass is 16.3. The average molecular weight is 259 g/mol. The molecule has 0 aromatic heterocycles. The zero-order valence-electron chi connectivity index (χ0n) is 11.9. The third-order valence-corrected chi connectivity index (χ3v) is 4.96. The molecule has 0 bridgehead atoms. The summed E-state index contributed by atoms with van der Waals surface area (Å²) in [6.07, 6.45) is 8.90. The van der Waals surface area contributed by atoms with Crippen LogP contribution in [0.15, 0.2) is 18.2 Å². The highest BCUT2D eigenvalue weighted by molar-refractivity contribution is 5.42. The first-order valence-electron chi connectivity index (χ1n) is 7.84. The van der Waals surface area contributed by atoms with Gasteiger partial charge >= 0.3 is 0 Å². The molecule has 2 atom stereocenters. The molecule has 1 aliphatic heterocycles. The smallest absolute Gasteiger partial charge is 0.119 e. The van der Waals surface area contributed by atoms with Gasteiger partial charge in [0.15, 0.2) is 0 Å². The maximum atomic E-state index is 10.1. The number of rotatable bonds is 1. The number of nitrogens with zero attached hydrogens (tertiary/aromatic N) is 1. The Morgan fingerprint density at radius 2 is 2.00 bits per heavy atom. The minimum absolute atomic E-state index is 0.504. The second-order valence-electron chi connectivity index (χ2n) is 6.19. The van der Waals surface area contributed by atoms with Gasteiger partial charge in [0.2, 0.25) is 0 Å². The van der Waals surface area contributed by atoms with E-state index >= 15 is 0 Å². The molecular weight excluding hydrogens is 234 g/mol. The molecule has 1 N–H and O–H groups in total. The number of hydrogen-bond acceptors (Lipinski definition) is 2. The van der Waals surface area contributed by atoms with Crippen LogP contribution in [-0.4, -0.2) is 22.6 Å². The van der Waals surface area contributed by atoms with Crippen LogP contribution in [0.1, 0.15) is 62.6 Å². The number of phenols is 1. The van der Waals surface area contributed by atoms with E-state index in [0.717, 1.165) is 6.42 Å². The normalized spacial score (nSPS) is 28.7. The van der Waals surface area contributed by atoms with Crippen LogP contribution < -0.4 is 0 Å². The zero-order valence-corrected chi connectivity index (χ0v) is 11.9. The van der Waals surface area contributed by atoms with Crippen LogP contribution in [0.25, 0.3) is 0 Å². The highest BCUT2D eigenvalue weighted by Crippen LogP contribution is 2.40. The molecule has 2 aliphatic rings. The molecule has 1 aromatic carbocycles. The van der Waals surface area contributed by atoms with E-state index < -0.39 is 0 Å². The summed E-state index contributed by atoms with van der Waals surface area (Å²) in [6.45, 7) is 3.60. The van der Waals surface area contributed by atoms with Crippen LogP contribution in [0.3, 0.4) is 0 Å². The molecule has 0 amide bonds. The van der Waals surface area contributed by atoms with E-state index in [2.05, 4.69) is 17.9 Å². The van der Waals surface area contributed by atoms with Gasteiger partial charge < -0.3 is 5.11 Å². The Morgan fingerprint density at radius 3 is 2.89 bits per heavy atom. The molecule has 1 saturated heterocycles. The van der Waals surface area contributed by atoms with Crippen molar-refractivity contribution in [3.05, 3.63) is 29.3 Å². The molecule has 104 valence electrons. The predicted molar refractivity (Wildman–Crippen MR) is 78.4 cm³/mol. The van der Waals surface area contributed by atoms with Gasteiger partial charge in [0, 0.05) is 12.1 Å². The van der Waals surface area contributed by atoms with Crippen LogP contribution in [-0.2, 0) is 6.42 Å². The van der Waals surface area contributed by atoms with Crippen molar-refractivity contribution in [3.63, 3.8) is 0 Å². The first-order chi connectivity index (χ1) is 9.27. The maximum absolute atomic E-state index is 10.1. The van der Waals surface area contributed by atoms with Gasteiger partial charge in [-0.3, -0.25) is 4.90 Å². The maximum Gasteiger partial charge on any atom is 0.119 e. The molecule has 2 nitrogen and oxygen atoms in total. The van der Waals surface area contributed by atoms with Crippen LogP contribution in [0.4, 0.5) is 0 Å². The fourth-order valence-corrected chi connectivity index (χ4v) is 3.91. The summed E-state index contributed by atoms with van der Waals surface area (Å²) in [6, 6.07) is 7.29. The van der Waals surface area contributed by atoms with E-state index in [9.17, 15) is 5.11 Å². The minimum Gasteiger partial charge on any atom is -0.508 e. The third kappa shape index (κ3) is 2.51. The number of benzene rings is 1. The lowest BCUT2D eigenvalue weighted by Crippen LogP contribution is -2.37. The Bertz CT molecular complexity index is 443. The quantitative estimate of drug-likeness (QED) is 0.823. The summed E-state index contributed by atoms with van der Waals surface area (Å²) in [7, 11) is 0. The fourth-order valence-electron chi connectivity index (χ4n) is 3.91. The molecule has 3 rings (SSSR count). The van der Waals surface area contributed by atoms with Crippen molar-refractivity contribution in [2.75, 3.05) is 6.54 Å². The topological polar surface area (TPSA) is 23.5 Å². The average Bonchev–Trinajstić information content (AvgIpc) is 2.63.